The van der Waals surface area contributed by atoms with E-state index in [0.717, 1.165) is 0 Å². The number of hydrogen-bond acceptors (Lipinski definition) is 3. The van der Waals surface area contributed by atoms with Crippen LogP contribution in [-0.4, -0.2) is 31.2 Å². The molecule has 0 aromatic heterocycles. The second kappa shape index (κ2) is 7.11. The van der Waals surface area contributed by atoms with Crippen LogP contribution in [0.25, 0.3) is 0 Å². The molecule has 1 aliphatic rings. The molecule has 0 saturated carbocycles. The fourth-order valence-electron chi connectivity index (χ4n) is 0.766. The summed E-state index contributed by atoms with van der Waals surface area (Å²) in [4.78, 5) is 10.1. The van der Waals surface area contributed by atoms with E-state index in [0.29, 0.717) is 12.6 Å². The average molecular weight is 177 g/mol. The van der Waals surface area contributed by atoms with Crippen LogP contribution < -0.4 is 0 Å². The normalized spacial score (nSPS) is 25.8. The van der Waals surface area contributed by atoms with E-state index in [2.05, 4.69) is 35.8 Å². The van der Waals surface area contributed by atoms with Crippen LogP contribution in [0.2, 0.25) is 0 Å². The molecule has 1 heterocycles. The van der Waals surface area contributed by atoms with Gasteiger partial charge in [-0.1, -0.05) is 13.0 Å². The molecular formula is C10H15N3. The van der Waals surface area contributed by atoms with Crippen molar-refractivity contribution in [3.05, 3.63) is 12.3 Å². The van der Waals surface area contributed by atoms with E-state index in [1.807, 2.05) is 24.4 Å². The molecule has 1 atom stereocenters. The summed E-state index contributed by atoms with van der Waals surface area (Å²) in [5.41, 5.74) is 0. The maximum absolute atomic E-state index is 4.06. The molecule has 0 aromatic rings. The maximum Gasteiger partial charge on any atom is 0.111 e. The number of nitrogens with zero attached hydrogens (tertiary/aromatic N) is 3. The summed E-state index contributed by atoms with van der Waals surface area (Å²) < 4.78 is 0. The van der Waals surface area contributed by atoms with E-state index in [9.17, 15) is 0 Å². The lowest BCUT2D eigenvalue weighted by molar-refractivity contribution is 0.472. The smallest absolute Gasteiger partial charge is 0.111 e. The minimum absolute atomic E-state index is 0.391. The molecule has 0 bridgehead atoms. The van der Waals surface area contributed by atoms with E-state index in [-0.39, 0.29) is 0 Å². The van der Waals surface area contributed by atoms with Gasteiger partial charge in [-0.15, -0.1) is 12.8 Å². The Kier molecular flexibility index (Phi) is 6.26. The zero-order chi connectivity index (χ0) is 10.1. The van der Waals surface area contributed by atoms with Gasteiger partial charge in [0.2, 0.25) is 0 Å². The molecular weight excluding hydrogens is 162 g/mol. The Bertz CT molecular complexity index is 226. The highest BCUT2D eigenvalue weighted by Crippen LogP contribution is 1.96. The summed E-state index contributed by atoms with van der Waals surface area (Å²) in [6, 6.07) is 0. The molecule has 0 radical (unpaired) electrons. The zero-order valence-electron chi connectivity index (χ0n) is 8.09. The Morgan fingerprint density at radius 3 is 2.85 bits per heavy atom. The molecule has 3 nitrogen and oxygen atoms in total. The largest absolute Gasteiger partial charge is 0.362 e. The number of aliphatic imine (C=N–C) groups is 2. The summed E-state index contributed by atoms with van der Waals surface area (Å²) in [6.07, 6.45) is 15.6. The van der Waals surface area contributed by atoms with Crippen LogP contribution in [0.15, 0.2) is 22.3 Å². The summed E-state index contributed by atoms with van der Waals surface area (Å²) >= 11 is 0. The van der Waals surface area contributed by atoms with Gasteiger partial charge < -0.3 is 4.90 Å². The molecule has 1 aliphatic heterocycles. The maximum atomic E-state index is 4.06. The van der Waals surface area contributed by atoms with Crippen molar-refractivity contribution in [1.82, 2.24) is 4.90 Å². The van der Waals surface area contributed by atoms with Gasteiger partial charge in [0.1, 0.15) is 13.0 Å². The summed E-state index contributed by atoms with van der Waals surface area (Å²) in [5.74, 6) is 0.391. The third-order valence-electron chi connectivity index (χ3n) is 1.42. The predicted octanol–water partition coefficient (Wildman–Crippen LogP) is 1.39. The number of terminal acetylenes is 1. The Balaban J connectivity index is 0.000000671. The van der Waals surface area contributed by atoms with Crippen LogP contribution in [-0.2, 0) is 0 Å². The van der Waals surface area contributed by atoms with Crippen molar-refractivity contribution in [2.24, 2.45) is 15.9 Å². The first-order valence-corrected chi connectivity index (χ1v) is 4.02. The van der Waals surface area contributed by atoms with Crippen molar-refractivity contribution in [3.63, 3.8) is 0 Å². The van der Waals surface area contributed by atoms with Gasteiger partial charge in [0.25, 0.3) is 0 Å². The number of rotatable bonds is 0. The van der Waals surface area contributed by atoms with E-state index in [4.69, 9.17) is 0 Å². The first-order chi connectivity index (χ1) is 6.29. The Hall–Kier alpha value is -1.56. The van der Waals surface area contributed by atoms with Crippen LogP contribution in [0.1, 0.15) is 6.92 Å². The van der Waals surface area contributed by atoms with Crippen molar-refractivity contribution < 1.29 is 0 Å². The lowest BCUT2D eigenvalue weighted by Crippen LogP contribution is -2.10. The SMILES string of the molecule is C#C.CC1C=N/C=N\CN(C)/C=C\1. The van der Waals surface area contributed by atoms with Crippen LogP contribution >= 0.6 is 0 Å². The van der Waals surface area contributed by atoms with Gasteiger partial charge in [0.05, 0.1) is 0 Å². The molecule has 13 heavy (non-hydrogen) atoms. The van der Waals surface area contributed by atoms with E-state index < -0.39 is 0 Å². The molecule has 1 unspecified atom stereocenters. The quantitative estimate of drug-likeness (QED) is 0.514. The van der Waals surface area contributed by atoms with Crippen LogP contribution in [0.5, 0.6) is 0 Å². The molecule has 0 N–H and O–H groups in total. The highest BCUT2D eigenvalue weighted by atomic mass is 15.2. The van der Waals surface area contributed by atoms with E-state index in [1.165, 1.54) is 0 Å². The molecule has 0 aliphatic carbocycles. The molecule has 3 heteroatoms. The van der Waals surface area contributed by atoms with Crippen molar-refractivity contribution in [1.29, 1.82) is 0 Å². The van der Waals surface area contributed by atoms with E-state index in [1.54, 1.807) is 6.34 Å². The first-order valence-electron chi connectivity index (χ1n) is 4.02. The van der Waals surface area contributed by atoms with Gasteiger partial charge in [-0.25, -0.2) is 4.99 Å². The Morgan fingerprint density at radius 1 is 1.46 bits per heavy atom. The standard InChI is InChI=1S/C8H13N3.C2H2/c1-8-3-4-11(2)7-10-6-9-5-8;1-2/h3-6,8H,7H2,1-2H3;1-2H/b4-3-,9-5?,10-6-;. The summed E-state index contributed by atoms with van der Waals surface area (Å²) in [7, 11) is 1.99. The summed E-state index contributed by atoms with van der Waals surface area (Å²) in [5, 5.41) is 0. The molecule has 0 saturated heterocycles. The summed E-state index contributed by atoms with van der Waals surface area (Å²) in [6.45, 7) is 2.77. The fourth-order valence-corrected chi connectivity index (χ4v) is 0.766. The van der Waals surface area contributed by atoms with Gasteiger partial charge >= 0.3 is 0 Å². The van der Waals surface area contributed by atoms with Crippen LogP contribution in [0, 0.1) is 18.8 Å². The highest BCUT2D eigenvalue weighted by molar-refractivity contribution is 5.74. The minimum Gasteiger partial charge on any atom is -0.362 e. The van der Waals surface area contributed by atoms with Crippen molar-refractivity contribution >= 4 is 12.6 Å². The average Bonchev–Trinajstić information content (AvgIpc) is 2.24. The zero-order valence-corrected chi connectivity index (χ0v) is 8.09. The van der Waals surface area contributed by atoms with Gasteiger partial charge in [-0.2, -0.15) is 0 Å². The lowest BCUT2D eigenvalue weighted by atomic mass is 10.2. The van der Waals surface area contributed by atoms with E-state index >= 15 is 0 Å². The number of allylic oxidation sites excluding steroid dienone is 1. The van der Waals surface area contributed by atoms with Gasteiger partial charge in [-0.3, -0.25) is 4.99 Å². The monoisotopic (exact) mass is 177 g/mol. The van der Waals surface area contributed by atoms with Crippen molar-refractivity contribution in [3.8, 4) is 12.8 Å². The highest BCUT2D eigenvalue weighted by Gasteiger charge is 1.93. The second-order valence-electron chi connectivity index (χ2n) is 2.70. The molecule has 0 amide bonds. The first kappa shape index (κ1) is 11.4. The molecule has 70 valence electrons. The Morgan fingerprint density at radius 2 is 2.15 bits per heavy atom. The Labute approximate surface area is 79.9 Å². The molecule has 1 rings (SSSR count). The molecule has 0 spiro atoms. The third kappa shape index (κ3) is 5.68. The van der Waals surface area contributed by atoms with Gasteiger partial charge in [0, 0.05) is 19.2 Å². The van der Waals surface area contributed by atoms with Gasteiger partial charge in [-0.05, 0) is 6.20 Å². The van der Waals surface area contributed by atoms with Crippen molar-refractivity contribution in [2.45, 2.75) is 6.92 Å². The molecule has 0 fully saturated rings. The molecule has 0 aromatic carbocycles. The second-order valence-corrected chi connectivity index (χ2v) is 2.70. The van der Waals surface area contributed by atoms with Crippen molar-refractivity contribution in [2.75, 3.05) is 13.7 Å². The predicted molar refractivity (Wildman–Crippen MR) is 57.8 cm³/mol. The van der Waals surface area contributed by atoms with Gasteiger partial charge in [0.15, 0.2) is 0 Å². The lowest BCUT2D eigenvalue weighted by Gasteiger charge is -2.08. The van der Waals surface area contributed by atoms with Crippen LogP contribution in [0.3, 0.4) is 0 Å². The minimum atomic E-state index is 0.391. The fraction of sp³-hybridized carbons (Fsp3) is 0.400. The number of hydrogen-bond donors (Lipinski definition) is 0. The topological polar surface area (TPSA) is 28.0 Å². The van der Waals surface area contributed by atoms with Crippen LogP contribution in [0.4, 0.5) is 0 Å². The third-order valence-corrected chi connectivity index (χ3v) is 1.42.